The third kappa shape index (κ3) is 17.6. The van der Waals surface area contributed by atoms with E-state index in [9.17, 15) is 0 Å². The number of fused-ring (bicyclic) bond motifs is 1. The molecule has 0 unspecified atom stereocenters. The first kappa shape index (κ1) is 32.5. The lowest BCUT2D eigenvalue weighted by Crippen LogP contribution is -1.76. The molecule has 6 aromatic rings. The number of nitrogens with zero attached hydrogens (tertiary/aromatic N) is 6. The first-order chi connectivity index (χ1) is 18.1. The molecule has 0 saturated heterocycles. The van der Waals surface area contributed by atoms with Crippen LogP contribution in [0.15, 0.2) is 126 Å². The highest BCUT2D eigenvalue weighted by Crippen LogP contribution is 2.12. The molecule has 0 bridgehead atoms. The van der Waals surface area contributed by atoms with Gasteiger partial charge in [0.2, 0.25) is 0 Å². The Bertz CT molecular complexity index is 1070. The highest BCUT2D eigenvalue weighted by Gasteiger charge is 1.97. The molecule has 0 aliphatic rings. The standard InChI is InChI=1S/C8H7NO.C5H7N.C5H5N.C4H6N2.C3H3NO.2C2H6/c1-6-9-7-4-2-3-5-8(7)10-6;1-6-4-2-3-5-6;1-2-4-6-5-3-1;1-6-3-2-5-4-6;1-2-5-3-4-1;2*1-2/h2-5H,1H3;2-5H,1H3;1-5H;2-4H,1H3;1-3H;2*1-2H3. The maximum Gasteiger partial charge on any atom is 0.192 e. The zero-order valence-electron chi connectivity index (χ0n) is 23.0. The summed E-state index contributed by atoms with van der Waals surface area (Å²) < 4.78 is 13.6. The van der Waals surface area contributed by atoms with E-state index >= 15 is 0 Å². The van der Waals surface area contributed by atoms with Crippen LogP contribution in [0.3, 0.4) is 0 Å². The van der Waals surface area contributed by atoms with Gasteiger partial charge in [0.1, 0.15) is 11.8 Å². The lowest BCUT2D eigenvalue weighted by molar-refractivity contribution is 0.558. The largest absolute Gasteiger partial charge is 0.452 e. The SMILES string of the molecule is CC.CC.Cc1nc2ccccc2o1.Cn1cccc1.Cn1ccnc1.c1ccncc1.c1cocn1. The lowest BCUT2D eigenvalue weighted by atomic mass is 10.3. The summed E-state index contributed by atoms with van der Waals surface area (Å²) in [5, 5.41) is 0. The van der Waals surface area contributed by atoms with Gasteiger partial charge in [-0.3, -0.25) is 4.98 Å². The second kappa shape index (κ2) is 23.3. The Hall–Kier alpha value is -4.46. The summed E-state index contributed by atoms with van der Waals surface area (Å²) in [5.74, 6) is 0.723. The maximum absolute atomic E-state index is 5.26. The van der Waals surface area contributed by atoms with Gasteiger partial charge in [-0.15, -0.1) is 0 Å². The summed E-state index contributed by atoms with van der Waals surface area (Å²) in [7, 11) is 3.94. The molecule has 5 heterocycles. The van der Waals surface area contributed by atoms with Crippen LogP contribution in [0, 0.1) is 6.92 Å². The topological polar surface area (TPSA) is 87.7 Å². The van der Waals surface area contributed by atoms with Crippen LogP contribution < -0.4 is 0 Å². The molecule has 8 nitrogen and oxygen atoms in total. The van der Waals surface area contributed by atoms with Crippen LogP contribution in [-0.4, -0.2) is 29.1 Å². The number of rotatable bonds is 0. The molecule has 0 saturated carbocycles. The normalized spacial score (nSPS) is 8.41. The van der Waals surface area contributed by atoms with E-state index in [1.54, 1.807) is 31.1 Å². The predicted molar refractivity (Wildman–Crippen MR) is 151 cm³/mol. The van der Waals surface area contributed by atoms with Crippen molar-refractivity contribution in [3.05, 3.63) is 123 Å². The second-order valence-electron chi connectivity index (χ2n) is 6.48. The Morgan fingerprint density at radius 2 is 1.32 bits per heavy atom. The molecule has 0 atom stereocenters. The van der Waals surface area contributed by atoms with Crippen LogP contribution in [0.4, 0.5) is 0 Å². The smallest absolute Gasteiger partial charge is 0.192 e. The Morgan fingerprint density at radius 3 is 1.65 bits per heavy atom. The van der Waals surface area contributed by atoms with Gasteiger partial charge in [0, 0.05) is 58.2 Å². The predicted octanol–water partition coefficient (Wildman–Crippen LogP) is 7.39. The first-order valence-electron chi connectivity index (χ1n) is 12.1. The molecule has 1 aromatic carbocycles. The maximum atomic E-state index is 5.26. The number of aryl methyl sites for hydroxylation is 3. The molecule has 8 heteroatoms. The van der Waals surface area contributed by atoms with Crippen molar-refractivity contribution in [1.82, 2.24) is 29.1 Å². The van der Waals surface area contributed by atoms with Crippen molar-refractivity contribution < 1.29 is 8.83 Å². The van der Waals surface area contributed by atoms with E-state index in [4.69, 9.17) is 4.42 Å². The molecule has 0 N–H and O–H groups in total. The van der Waals surface area contributed by atoms with Gasteiger partial charge in [0.05, 0.1) is 12.5 Å². The van der Waals surface area contributed by atoms with Gasteiger partial charge in [0.25, 0.3) is 0 Å². The summed E-state index contributed by atoms with van der Waals surface area (Å²) in [4.78, 5) is 15.3. The number of hydrogen-bond donors (Lipinski definition) is 0. The summed E-state index contributed by atoms with van der Waals surface area (Å²) >= 11 is 0. The van der Waals surface area contributed by atoms with Crippen molar-refractivity contribution >= 4 is 11.1 Å². The molecule has 37 heavy (non-hydrogen) atoms. The zero-order chi connectivity index (χ0) is 27.6. The highest BCUT2D eigenvalue weighted by molar-refractivity contribution is 5.71. The third-order valence-corrected chi connectivity index (χ3v) is 3.70. The molecule has 0 aliphatic carbocycles. The fourth-order valence-electron chi connectivity index (χ4n) is 2.22. The molecular weight excluding hydrogens is 464 g/mol. The summed E-state index contributed by atoms with van der Waals surface area (Å²) in [6.07, 6.45) is 17.4. The van der Waals surface area contributed by atoms with Crippen LogP contribution in [-0.2, 0) is 14.1 Å². The van der Waals surface area contributed by atoms with Crippen LogP contribution in [0.1, 0.15) is 33.6 Å². The van der Waals surface area contributed by atoms with E-state index in [1.165, 1.54) is 12.7 Å². The third-order valence-electron chi connectivity index (χ3n) is 3.70. The molecule has 0 aliphatic heterocycles. The van der Waals surface area contributed by atoms with Crippen LogP contribution in [0.25, 0.3) is 11.1 Å². The number of benzene rings is 1. The van der Waals surface area contributed by atoms with Gasteiger partial charge >= 0.3 is 0 Å². The summed E-state index contributed by atoms with van der Waals surface area (Å²) in [6, 6.07) is 17.4. The fourth-order valence-corrected chi connectivity index (χ4v) is 2.22. The Kier molecular flexibility index (Phi) is 20.5. The molecule has 6 rings (SSSR count). The van der Waals surface area contributed by atoms with Crippen molar-refractivity contribution in [2.45, 2.75) is 34.6 Å². The van der Waals surface area contributed by atoms with Gasteiger partial charge in [-0.2, -0.15) is 0 Å². The number of para-hydroxylation sites is 2. The minimum Gasteiger partial charge on any atom is -0.452 e. The number of hydrogen-bond acceptors (Lipinski definition) is 6. The lowest BCUT2D eigenvalue weighted by Gasteiger charge is -1.79. The Labute approximate surface area is 220 Å². The van der Waals surface area contributed by atoms with E-state index in [-0.39, 0.29) is 0 Å². The van der Waals surface area contributed by atoms with Crippen molar-refractivity contribution in [3.8, 4) is 0 Å². The van der Waals surface area contributed by atoms with Gasteiger partial charge in [0.15, 0.2) is 17.9 Å². The number of aromatic nitrogens is 6. The van der Waals surface area contributed by atoms with Crippen molar-refractivity contribution in [1.29, 1.82) is 0 Å². The summed E-state index contributed by atoms with van der Waals surface area (Å²) in [5.41, 5.74) is 1.79. The van der Waals surface area contributed by atoms with E-state index < -0.39 is 0 Å². The van der Waals surface area contributed by atoms with Crippen LogP contribution >= 0.6 is 0 Å². The zero-order valence-corrected chi connectivity index (χ0v) is 23.0. The fraction of sp³-hybridized carbons (Fsp3) is 0.241. The highest BCUT2D eigenvalue weighted by atomic mass is 16.3. The average molecular weight is 505 g/mol. The van der Waals surface area contributed by atoms with Crippen molar-refractivity contribution in [2.75, 3.05) is 0 Å². The van der Waals surface area contributed by atoms with Gasteiger partial charge in [-0.1, -0.05) is 45.9 Å². The number of pyridine rings is 1. The molecule has 5 aromatic heterocycles. The van der Waals surface area contributed by atoms with Crippen LogP contribution in [0.5, 0.6) is 0 Å². The monoisotopic (exact) mass is 504 g/mol. The number of imidazole rings is 1. The van der Waals surface area contributed by atoms with Gasteiger partial charge < -0.3 is 18.0 Å². The van der Waals surface area contributed by atoms with Gasteiger partial charge in [-0.25, -0.2) is 15.0 Å². The summed E-state index contributed by atoms with van der Waals surface area (Å²) in [6.45, 7) is 9.85. The van der Waals surface area contributed by atoms with E-state index in [0.29, 0.717) is 0 Å². The molecule has 198 valence electrons. The quantitative estimate of drug-likeness (QED) is 0.214. The van der Waals surface area contributed by atoms with E-state index in [1.807, 2.05) is 131 Å². The number of oxazole rings is 2. The minimum atomic E-state index is 0.723. The first-order valence-corrected chi connectivity index (χ1v) is 12.1. The molecule has 0 radical (unpaired) electrons. The Balaban J connectivity index is 0.000000433. The molecular formula is C29H40N6O2. The van der Waals surface area contributed by atoms with Crippen molar-refractivity contribution in [2.24, 2.45) is 14.1 Å². The molecule has 0 fully saturated rings. The molecule has 0 amide bonds. The average Bonchev–Trinajstić information content (AvgIpc) is 3.78. The van der Waals surface area contributed by atoms with Crippen molar-refractivity contribution in [3.63, 3.8) is 0 Å². The van der Waals surface area contributed by atoms with Crippen LogP contribution in [0.2, 0.25) is 0 Å². The van der Waals surface area contributed by atoms with Gasteiger partial charge in [-0.05, 0) is 36.4 Å². The Morgan fingerprint density at radius 1 is 0.649 bits per heavy atom. The van der Waals surface area contributed by atoms with E-state index in [2.05, 4.69) is 24.4 Å². The van der Waals surface area contributed by atoms with E-state index in [0.717, 1.165) is 17.0 Å². The molecule has 0 spiro atoms. The minimum absolute atomic E-state index is 0.723. The second-order valence-corrected chi connectivity index (χ2v) is 6.48.